The van der Waals surface area contributed by atoms with Gasteiger partial charge >= 0.3 is 0 Å². The van der Waals surface area contributed by atoms with Gasteiger partial charge in [0.05, 0.1) is 18.2 Å². The lowest BCUT2D eigenvalue weighted by Crippen LogP contribution is -2.33. The van der Waals surface area contributed by atoms with E-state index in [-0.39, 0.29) is 22.8 Å². The van der Waals surface area contributed by atoms with Gasteiger partial charge < -0.3 is 29.5 Å². The molecule has 8 heteroatoms. The molecule has 0 aliphatic carbocycles. The van der Waals surface area contributed by atoms with Gasteiger partial charge in [0, 0.05) is 12.1 Å². The predicted octanol–water partition coefficient (Wildman–Crippen LogP) is 5.83. The molecule has 1 aliphatic rings. The summed E-state index contributed by atoms with van der Waals surface area (Å²) in [7, 11) is 0. The molecule has 3 aromatic carbocycles. The van der Waals surface area contributed by atoms with E-state index in [9.17, 15) is 19.8 Å². The topological polar surface area (TPSA) is 99.5 Å². The van der Waals surface area contributed by atoms with Crippen molar-refractivity contribution >= 4 is 17.4 Å². The lowest BCUT2D eigenvalue weighted by Gasteiger charge is -2.27. The van der Waals surface area contributed by atoms with Crippen molar-refractivity contribution in [1.29, 1.82) is 0 Å². The van der Waals surface area contributed by atoms with E-state index in [0.717, 1.165) is 25.2 Å². The molecule has 2 N–H and O–H groups in total. The summed E-state index contributed by atoms with van der Waals surface area (Å²) in [4.78, 5) is 30.5. The molecule has 1 heterocycles. The highest BCUT2D eigenvalue weighted by Crippen LogP contribution is 2.42. The summed E-state index contributed by atoms with van der Waals surface area (Å²) in [5, 5.41) is 21.7. The van der Waals surface area contributed by atoms with Crippen molar-refractivity contribution in [3.63, 3.8) is 0 Å². The van der Waals surface area contributed by atoms with E-state index in [0.29, 0.717) is 43.1 Å². The van der Waals surface area contributed by atoms with Gasteiger partial charge in [-0.1, -0.05) is 49.7 Å². The van der Waals surface area contributed by atoms with Crippen LogP contribution in [0.15, 0.2) is 72.3 Å². The van der Waals surface area contributed by atoms with E-state index in [1.54, 1.807) is 43.3 Å². The minimum atomic E-state index is -0.834. The first-order chi connectivity index (χ1) is 20.3. The number of hydrogen-bond donors (Lipinski definition) is 2. The zero-order valence-electron chi connectivity index (χ0n) is 24.8. The molecule has 0 saturated carbocycles. The minimum absolute atomic E-state index is 0.00398. The van der Waals surface area contributed by atoms with Gasteiger partial charge in [0.15, 0.2) is 11.5 Å². The monoisotopic (exact) mass is 572 g/mol. The number of Topliss-reactive ketones (excluding diaryl/α,β-unsaturated/α-hetero) is 1. The molecule has 0 unspecified atom stereocenters. The second-order valence-corrected chi connectivity index (χ2v) is 10.3. The number of hydrogen-bond acceptors (Lipinski definition) is 7. The van der Waals surface area contributed by atoms with E-state index in [1.165, 1.54) is 16.5 Å². The molecular weight excluding hydrogens is 532 g/mol. The SMILES string of the molecule is CCOc1cc([C@H]2C(=C(O)c3ccc(OCc4ccc(C)cc4)cc3)C(=O)C(=O)N2CCCN(CC)CC)ccc1O. The normalized spacial score (nSPS) is 16.3. The molecule has 0 bridgehead atoms. The third kappa shape index (κ3) is 6.94. The number of aryl methyl sites for hydroxylation is 1. The van der Waals surface area contributed by atoms with Crippen molar-refractivity contribution < 1.29 is 29.3 Å². The lowest BCUT2D eigenvalue weighted by molar-refractivity contribution is -0.140. The van der Waals surface area contributed by atoms with Crippen molar-refractivity contribution in [2.24, 2.45) is 0 Å². The number of carbonyl (C=O) groups is 2. The first-order valence-corrected chi connectivity index (χ1v) is 14.5. The summed E-state index contributed by atoms with van der Waals surface area (Å²) < 4.78 is 11.5. The highest BCUT2D eigenvalue weighted by atomic mass is 16.5. The zero-order valence-corrected chi connectivity index (χ0v) is 24.8. The molecule has 222 valence electrons. The smallest absolute Gasteiger partial charge is 0.295 e. The van der Waals surface area contributed by atoms with Crippen LogP contribution in [-0.4, -0.2) is 64.5 Å². The van der Waals surface area contributed by atoms with Gasteiger partial charge in [-0.15, -0.1) is 0 Å². The third-order valence-electron chi connectivity index (χ3n) is 7.56. The Hall–Kier alpha value is -4.30. The Labute approximate surface area is 247 Å². The molecule has 4 rings (SSSR count). The number of nitrogens with zero attached hydrogens (tertiary/aromatic N) is 2. The maximum atomic E-state index is 13.4. The van der Waals surface area contributed by atoms with E-state index in [4.69, 9.17) is 9.47 Å². The van der Waals surface area contributed by atoms with Gasteiger partial charge in [0.1, 0.15) is 18.1 Å². The number of aliphatic hydroxyl groups is 1. The Kier molecular flexibility index (Phi) is 10.3. The van der Waals surface area contributed by atoms with E-state index >= 15 is 0 Å². The van der Waals surface area contributed by atoms with Crippen molar-refractivity contribution in [3.8, 4) is 17.2 Å². The summed E-state index contributed by atoms with van der Waals surface area (Å²) in [6.07, 6.45) is 0.661. The number of ether oxygens (including phenoxy) is 2. The Balaban J connectivity index is 1.65. The second kappa shape index (κ2) is 14.0. The maximum Gasteiger partial charge on any atom is 0.295 e. The van der Waals surface area contributed by atoms with Crippen LogP contribution in [0.5, 0.6) is 17.2 Å². The molecule has 0 aromatic heterocycles. The van der Waals surface area contributed by atoms with Crippen molar-refractivity contribution in [1.82, 2.24) is 9.80 Å². The number of rotatable bonds is 13. The highest BCUT2D eigenvalue weighted by molar-refractivity contribution is 6.46. The summed E-state index contributed by atoms with van der Waals surface area (Å²) in [6, 6.07) is 18.8. The third-order valence-corrected chi connectivity index (χ3v) is 7.56. The molecule has 42 heavy (non-hydrogen) atoms. The average Bonchev–Trinajstić information content (AvgIpc) is 3.25. The molecule has 0 spiro atoms. The zero-order chi connectivity index (χ0) is 30.2. The number of phenolic OH excluding ortho intramolecular Hbond substituents is 1. The molecule has 1 atom stereocenters. The number of ketones is 1. The largest absolute Gasteiger partial charge is 0.507 e. The maximum absolute atomic E-state index is 13.4. The summed E-state index contributed by atoms with van der Waals surface area (Å²) in [5.74, 6) is -0.850. The molecule has 1 fully saturated rings. The Morgan fingerprint density at radius 1 is 0.929 bits per heavy atom. The minimum Gasteiger partial charge on any atom is -0.507 e. The van der Waals surface area contributed by atoms with Gasteiger partial charge in [0.25, 0.3) is 11.7 Å². The van der Waals surface area contributed by atoms with Gasteiger partial charge in [-0.05, 0) is 87.4 Å². The Bertz CT molecular complexity index is 1410. The van der Waals surface area contributed by atoms with Crippen LogP contribution in [0.3, 0.4) is 0 Å². The van der Waals surface area contributed by atoms with Crippen LogP contribution >= 0.6 is 0 Å². The van der Waals surface area contributed by atoms with Gasteiger partial charge in [0.2, 0.25) is 0 Å². The number of amides is 1. The Morgan fingerprint density at radius 2 is 1.62 bits per heavy atom. The van der Waals surface area contributed by atoms with Crippen molar-refractivity contribution in [2.75, 3.05) is 32.8 Å². The fraction of sp³-hybridized carbons (Fsp3) is 0.353. The lowest BCUT2D eigenvalue weighted by atomic mass is 9.95. The van der Waals surface area contributed by atoms with Gasteiger partial charge in [-0.3, -0.25) is 9.59 Å². The number of carbonyl (C=O) groups excluding carboxylic acids is 2. The van der Waals surface area contributed by atoms with Crippen LogP contribution in [0.2, 0.25) is 0 Å². The number of likely N-dealkylation sites (tertiary alicyclic amines) is 1. The van der Waals surface area contributed by atoms with Crippen molar-refractivity contribution in [2.45, 2.75) is 46.8 Å². The van der Waals surface area contributed by atoms with Gasteiger partial charge in [-0.2, -0.15) is 0 Å². The van der Waals surface area contributed by atoms with Crippen LogP contribution in [0.1, 0.15) is 55.5 Å². The van der Waals surface area contributed by atoms with E-state index in [2.05, 4.69) is 18.7 Å². The van der Waals surface area contributed by atoms with Crippen LogP contribution in [0, 0.1) is 6.92 Å². The molecule has 1 aliphatic heterocycles. The average molecular weight is 573 g/mol. The fourth-order valence-electron chi connectivity index (χ4n) is 5.15. The van der Waals surface area contributed by atoms with Crippen molar-refractivity contribution in [3.05, 3.63) is 94.6 Å². The van der Waals surface area contributed by atoms with Crippen LogP contribution < -0.4 is 9.47 Å². The van der Waals surface area contributed by atoms with E-state index < -0.39 is 17.7 Å². The number of aliphatic hydroxyl groups excluding tert-OH is 1. The number of benzene rings is 3. The molecule has 1 amide bonds. The number of aromatic hydroxyl groups is 1. The molecular formula is C34H40N2O6. The standard InChI is InChI=1S/C34H40N2O6/c1-5-35(6-2)19-8-20-36-31(26-15-18-28(37)29(21-26)41-7-3)30(33(39)34(36)40)32(38)25-13-16-27(17-14-25)42-22-24-11-9-23(4)10-12-24/h9-18,21,31,37-38H,5-8,19-20,22H2,1-4H3/t31-/m0/s1. The summed E-state index contributed by atoms with van der Waals surface area (Å²) in [5.41, 5.74) is 3.18. The summed E-state index contributed by atoms with van der Waals surface area (Å²) >= 11 is 0. The molecule has 3 aromatic rings. The Morgan fingerprint density at radius 3 is 2.26 bits per heavy atom. The van der Waals surface area contributed by atoms with Crippen LogP contribution in [-0.2, 0) is 16.2 Å². The summed E-state index contributed by atoms with van der Waals surface area (Å²) in [6.45, 7) is 11.6. The van der Waals surface area contributed by atoms with Crippen LogP contribution in [0.4, 0.5) is 0 Å². The molecule has 0 radical (unpaired) electrons. The molecule has 8 nitrogen and oxygen atoms in total. The first-order valence-electron chi connectivity index (χ1n) is 14.5. The van der Waals surface area contributed by atoms with E-state index in [1.807, 2.05) is 31.2 Å². The fourth-order valence-corrected chi connectivity index (χ4v) is 5.15. The quantitative estimate of drug-likeness (QED) is 0.151. The van der Waals surface area contributed by atoms with Crippen LogP contribution in [0.25, 0.3) is 5.76 Å². The predicted molar refractivity (Wildman–Crippen MR) is 163 cm³/mol. The second-order valence-electron chi connectivity index (χ2n) is 10.3. The highest BCUT2D eigenvalue weighted by Gasteiger charge is 2.46. The molecule has 1 saturated heterocycles. The first kappa shape index (κ1) is 30.7. The van der Waals surface area contributed by atoms with Gasteiger partial charge in [-0.25, -0.2) is 0 Å². The number of phenols is 1.